The molecule has 0 amide bonds. The fourth-order valence-corrected chi connectivity index (χ4v) is 3.04. The van der Waals surface area contributed by atoms with Crippen molar-refractivity contribution in [2.24, 2.45) is 0 Å². The molecule has 2 aromatic rings. The largest absolute Gasteiger partial charge is 0.492 e. The topological polar surface area (TPSA) is 110 Å². The van der Waals surface area contributed by atoms with Crippen LogP contribution in [-0.4, -0.2) is 31.5 Å². The third-order valence-corrected chi connectivity index (χ3v) is 4.28. The van der Waals surface area contributed by atoms with Crippen LogP contribution >= 0.6 is 0 Å². The van der Waals surface area contributed by atoms with Crippen molar-refractivity contribution in [2.75, 3.05) is 18.9 Å². The highest BCUT2D eigenvalue weighted by Crippen LogP contribution is 2.26. The van der Waals surface area contributed by atoms with Crippen LogP contribution in [0, 0.1) is 0 Å². The number of nitrogens with two attached hydrogens (primary N) is 1. The number of nitrogens with one attached hydrogen (secondary N) is 2. The van der Waals surface area contributed by atoms with Crippen molar-refractivity contribution in [1.82, 2.24) is 14.7 Å². The predicted octanol–water partition coefficient (Wildman–Crippen LogP) is 0.912. The van der Waals surface area contributed by atoms with Gasteiger partial charge in [0.05, 0.1) is 12.9 Å². The van der Waals surface area contributed by atoms with Crippen LogP contribution < -0.4 is 15.2 Å². The molecule has 21 heavy (non-hydrogen) atoms. The van der Waals surface area contributed by atoms with E-state index in [2.05, 4.69) is 14.7 Å². The Hall–Kier alpha value is -2.06. The van der Waals surface area contributed by atoms with Crippen molar-refractivity contribution < 1.29 is 13.2 Å². The Morgan fingerprint density at radius 2 is 2.24 bits per heavy atom. The number of aromatic amines is 1. The molecule has 1 aromatic heterocycles. The van der Waals surface area contributed by atoms with Gasteiger partial charge in [0, 0.05) is 30.5 Å². The Balaban J connectivity index is 2.12. The zero-order valence-electron chi connectivity index (χ0n) is 11.7. The van der Waals surface area contributed by atoms with Gasteiger partial charge in [-0.3, -0.25) is 0 Å². The Bertz CT molecular complexity index is 683. The van der Waals surface area contributed by atoms with Gasteiger partial charge in [-0.05, 0) is 25.1 Å². The highest BCUT2D eigenvalue weighted by Gasteiger charge is 2.19. The maximum atomic E-state index is 12.3. The number of benzene rings is 1. The molecule has 0 atom stereocenters. The summed E-state index contributed by atoms with van der Waals surface area (Å²) >= 11 is 0. The molecule has 7 nitrogen and oxygen atoms in total. The zero-order chi connectivity index (χ0) is 15.3. The van der Waals surface area contributed by atoms with E-state index in [4.69, 9.17) is 10.5 Å². The molecule has 8 heteroatoms. The summed E-state index contributed by atoms with van der Waals surface area (Å²) in [6.07, 6.45) is 3.72. The Kier molecular flexibility index (Phi) is 4.81. The fraction of sp³-hybridized carbons (Fsp3) is 0.308. The quantitative estimate of drug-likeness (QED) is 0.658. The van der Waals surface area contributed by atoms with Crippen LogP contribution in [0.1, 0.15) is 12.6 Å². The van der Waals surface area contributed by atoms with Crippen molar-refractivity contribution in [3.05, 3.63) is 36.4 Å². The van der Waals surface area contributed by atoms with Gasteiger partial charge in [0.2, 0.25) is 10.0 Å². The summed E-state index contributed by atoms with van der Waals surface area (Å²) in [5.41, 5.74) is 6.89. The van der Waals surface area contributed by atoms with Crippen LogP contribution in [-0.2, 0) is 16.4 Å². The van der Waals surface area contributed by atoms with Gasteiger partial charge in [0.1, 0.15) is 10.6 Å². The van der Waals surface area contributed by atoms with Gasteiger partial charge in [-0.15, -0.1) is 0 Å². The average Bonchev–Trinajstić information content (AvgIpc) is 2.94. The molecule has 2 rings (SSSR count). The third kappa shape index (κ3) is 3.96. The molecular formula is C13H18N4O3S. The molecule has 114 valence electrons. The normalized spacial score (nSPS) is 11.5. The predicted molar refractivity (Wildman–Crippen MR) is 79.5 cm³/mol. The number of H-pyrrole nitrogens is 1. The van der Waals surface area contributed by atoms with E-state index in [0.29, 0.717) is 24.5 Å². The molecule has 0 unspecified atom stereocenters. The Morgan fingerprint density at radius 3 is 2.90 bits per heavy atom. The molecule has 1 aromatic carbocycles. The third-order valence-electron chi connectivity index (χ3n) is 2.80. The molecule has 0 aliphatic carbocycles. The minimum Gasteiger partial charge on any atom is -0.492 e. The number of rotatable bonds is 7. The summed E-state index contributed by atoms with van der Waals surface area (Å²) in [5, 5.41) is 0. The lowest BCUT2D eigenvalue weighted by atomic mass is 10.3. The second-order valence-corrected chi connectivity index (χ2v) is 6.10. The molecule has 0 aliphatic rings. The molecule has 4 N–H and O–H groups in total. The van der Waals surface area contributed by atoms with Crippen molar-refractivity contribution in [1.29, 1.82) is 0 Å². The summed E-state index contributed by atoms with van der Waals surface area (Å²) in [7, 11) is -3.68. The first-order valence-corrected chi connectivity index (χ1v) is 8.00. The monoisotopic (exact) mass is 310 g/mol. The molecule has 0 saturated heterocycles. The van der Waals surface area contributed by atoms with E-state index in [-0.39, 0.29) is 11.4 Å². The van der Waals surface area contributed by atoms with Gasteiger partial charge in [-0.25, -0.2) is 18.1 Å². The van der Waals surface area contributed by atoms with Crippen LogP contribution in [0.5, 0.6) is 5.75 Å². The van der Waals surface area contributed by atoms with E-state index in [1.165, 1.54) is 6.07 Å². The molecule has 0 aliphatic heterocycles. The summed E-state index contributed by atoms with van der Waals surface area (Å²) in [6.45, 7) is 2.42. The highest BCUT2D eigenvalue weighted by atomic mass is 32.2. The number of hydrogen-bond donors (Lipinski definition) is 3. The molecule has 1 heterocycles. The molecule has 0 fully saturated rings. The van der Waals surface area contributed by atoms with Gasteiger partial charge in [-0.1, -0.05) is 0 Å². The SMILES string of the molecule is CCOc1ccc(N)cc1S(=O)(=O)NCCc1cnc[nH]1. The molecular weight excluding hydrogens is 292 g/mol. The Morgan fingerprint density at radius 1 is 1.43 bits per heavy atom. The van der Waals surface area contributed by atoms with Gasteiger partial charge in [0.25, 0.3) is 0 Å². The number of nitrogens with zero attached hydrogens (tertiary/aromatic N) is 1. The first-order valence-electron chi connectivity index (χ1n) is 6.52. The first kappa shape index (κ1) is 15.3. The van der Waals surface area contributed by atoms with E-state index in [9.17, 15) is 8.42 Å². The van der Waals surface area contributed by atoms with Crippen molar-refractivity contribution in [2.45, 2.75) is 18.2 Å². The van der Waals surface area contributed by atoms with E-state index in [0.717, 1.165) is 5.69 Å². The molecule has 0 radical (unpaired) electrons. The van der Waals surface area contributed by atoms with Crippen molar-refractivity contribution in [3.63, 3.8) is 0 Å². The maximum absolute atomic E-state index is 12.3. The zero-order valence-corrected chi connectivity index (χ0v) is 12.5. The maximum Gasteiger partial charge on any atom is 0.244 e. The van der Waals surface area contributed by atoms with E-state index in [1.54, 1.807) is 31.6 Å². The van der Waals surface area contributed by atoms with Gasteiger partial charge in [0.15, 0.2) is 0 Å². The van der Waals surface area contributed by atoms with Crippen molar-refractivity contribution >= 4 is 15.7 Å². The number of nitrogen functional groups attached to an aromatic ring is 1. The number of hydrogen-bond acceptors (Lipinski definition) is 5. The number of ether oxygens (including phenoxy) is 1. The first-order chi connectivity index (χ1) is 10.0. The molecule has 0 bridgehead atoms. The number of aromatic nitrogens is 2. The Labute approximate surface area is 123 Å². The second-order valence-electron chi connectivity index (χ2n) is 4.36. The summed E-state index contributed by atoms with van der Waals surface area (Å²) in [5.74, 6) is 0.292. The lowest BCUT2D eigenvalue weighted by Gasteiger charge is -2.12. The van der Waals surface area contributed by atoms with E-state index < -0.39 is 10.0 Å². The van der Waals surface area contributed by atoms with E-state index >= 15 is 0 Å². The number of anilines is 1. The number of imidazole rings is 1. The lowest BCUT2D eigenvalue weighted by molar-refractivity contribution is 0.331. The number of sulfonamides is 1. The standard InChI is InChI=1S/C13H18N4O3S/c1-2-20-12-4-3-10(14)7-13(12)21(18,19)17-6-5-11-8-15-9-16-11/h3-4,7-9,17H,2,5-6,14H2,1H3,(H,15,16). The van der Waals surface area contributed by atoms with Crippen LogP contribution in [0.15, 0.2) is 35.6 Å². The van der Waals surface area contributed by atoms with Crippen LogP contribution in [0.3, 0.4) is 0 Å². The van der Waals surface area contributed by atoms with Crippen LogP contribution in [0.2, 0.25) is 0 Å². The lowest BCUT2D eigenvalue weighted by Crippen LogP contribution is -2.26. The van der Waals surface area contributed by atoms with Gasteiger partial charge in [-0.2, -0.15) is 0 Å². The van der Waals surface area contributed by atoms with Crippen molar-refractivity contribution in [3.8, 4) is 5.75 Å². The van der Waals surface area contributed by atoms with Gasteiger partial charge >= 0.3 is 0 Å². The van der Waals surface area contributed by atoms with Gasteiger partial charge < -0.3 is 15.5 Å². The van der Waals surface area contributed by atoms with E-state index in [1.807, 2.05) is 0 Å². The molecule has 0 saturated carbocycles. The van der Waals surface area contributed by atoms with Crippen LogP contribution in [0.25, 0.3) is 0 Å². The minimum absolute atomic E-state index is 0.0500. The smallest absolute Gasteiger partial charge is 0.244 e. The fourth-order valence-electron chi connectivity index (χ4n) is 1.83. The minimum atomic E-state index is -3.68. The summed E-state index contributed by atoms with van der Waals surface area (Å²) < 4.78 is 32.5. The summed E-state index contributed by atoms with van der Waals surface area (Å²) in [4.78, 5) is 6.84. The highest BCUT2D eigenvalue weighted by molar-refractivity contribution is 7.89. The summed E-state index contributed by atoms with van der Waals surface area (Å²) in [6, 6.07) is 4.56. The molecule has 0 spiro atoms. The van der Waals surface area contributed by atoms with Crippen LogP contribution in [0.4, 0.5) is 5.69 Å². The average molecular weight is 310 g/mol. The second kappa shape index (κ2) is 6.59.